The van der Waals surface area contributed by atoms with E-state index in [-0.39, 0.29) is 17.7 Å². The van der Waals surface area contributed by atoms with Crippen LogP contribution in [0.2, 0.25) is 0 Å². The summed E-state index contributed by atoms with van der Waals surface area (Å²) in [5.41, 5.74) is -0.923. The average molecular weight is 226 g/mol. The lowest BCUT2D eigenvalue weighted by Gasteiger charge is -2.16. The van der Waals surface area contributed by atoms with Crippen LogP contribution in [0, 0.1) is 5.82 Å². The lowest BCUT2D eigenvalue weighted by Crippen LogP contribution is -2.15. The highest BCUT2D eigenvalue weighted by molar-refractivity contribution is 5.70. The highest BCUT2D eigenvalue weighted by atomic mass is 19.1. The first-order valence-corrected chi connectivity index (χ1v) is 4.89. The number of rotatable bonds is 3. The number of aliphatic carboxylic acids is 1. The maximum Gasteiger partial charge on any atom is 0.304 e. The van der Waals surface area contributed by atoms with Gasteiger partial charge in [-0.2, -0.15) is 0 Å². The van der Waals surface area contributed by atoms with Crippen LogP contribution in [0.4, 0.5) is 4.39 Å². The third kappa shape index (κ3) is 1.58. The Labute approximate surface area is 91.0 Å². The summed E-state index contributed by atoms with van der Waals surface area (Å²) in [5.74, 6) is -2.82. The molecule has 0 bridgehead atoms. The molecule has 16 heavy (non-hydrogen) atoms. The van der Waals surface area contributed by atoms with Gasteiger partial charge in [-0.25, -0.2) is 4.39 Å². The molecular formula is C11H11FO4. The summed E-state index contributed by atoms with van der Waals surface area (Å²) in [5, 5.41) is 27.5. The van der Waals surface area contributed by atoms with Crippen molar-refractivity contribution in [3.8, 4) is 11.5 Å². The number of phenols is 2. The fourth-order valence-electron chi connectivity index (χ4n) is 2.01. The van der Waals surface area contributed by atoms with Gasteiger partial charge in [0.05, 0.1) is 6.42 Å². The molecule has 1 aromatic rings. The van der Waals surface area contributed by atoms with E-state index >= 15 is 0 Å². The number of phenolic OH excluding ortho intramolecular Hbond substituents is 2. The smallest absolute Gasteiger partial charge is 0.304 e. The van der Waals surface area contributed by atoms with Gasteiger partial charge in [-0.3, -0.25) is 4.79 Å². The number of benzene rings is 1. The van der Waals surface area contributed by atoms with Gasteiger partial charge in [-0.05, 0) is 25.0 Å². The minimum absolute atomic E-state index is 0.0742. The second-order valence-electron chi connectivity index (χ2n) is 4.14. The van der Waals surface area contributed by atoms with E-state index in [1.807, 2.05) is 0 Å². The number of carbonyl (C=O) groups is 1. The zero-order chi connectivity index (χ0) is 11.9. The Bertz CT molecular complexity index is 452. The summed E-state index contributed by atoms with van der Waals surface area (Å²) >= 11 is 0. The summed E-state index contributed by atoms with van der Waals surface area (Å²) < 4.78 is 13.6. The largest absolute Gasteiger partial charge is 0.508 e. The van der Waals surface area contributed by atoms with Gasteiger partial charge in [0.25, 0.3) is 0 Å². The Hall–Kier alpha value is -1.78. The van der Waals surface area contributed by atoms with Gasteiger partial charge in [0, 0.05) is 11.0 Å². The van der Waals surface area contributed by atoms with E-state index in [1.54, 1.807) is 0 Å². The molecule has 1 aliphatic rings. The van der Waals surface area contributed by atoms with Crippen molar-refractivity contribution in [2.24, 2.45) is 0 Å². The fraction of sp³-hybridized carbons (Fsp3) is 0.364. The van der Waals surface area contributed by atoms with Gasteiger partial charge < -0.3 is 15.3 Å². The third-order valence-electron chi connectivity index (χ3n) is 2.97. The molecule has 0 spiro atoms. The van der Waals surface area contributed by atoms with E-state index in [9.17, 15) is 19.4 Å². The fourth-order valence-corrected chi connectivity index (χ4v) is 2.01. The maximum absolute atomic E-state index is 13.6. The molecule has 0 aliphatic heterocycles. The van der Waals surface area contributed by atoms with Crippen LogP contribution < -0.4 is 0 Å². The molecule has 0 saturated heterocycles. The minimum Gasteiger partial charge on any atom is -0.508 e. The number of carboxylic acid groups (broad SMARTS) is 1. The first kappa shape index (κ1) is 10.7. The van der Waals surface area contributed by atoms with Crippen LogP contribution in [0.25, 0.3) is 0 Å². The van der Waals surface area contributed by atoms with Crippen LogP contribution in [-0.4, -0.2) is 21.3 Å². The molecule has 2 rings (SSSR count). The monoisotopic (exact) mass is 226 g/mol. The summed E-state index contributed by atoms with van der Waals surface area (Å²) in [6.45, 7) is 0. The summed E-state index contributed by atoms with van der Waals surface area (Å²) in [7, 11) is 0. The number of carboxylic acids is 1. The Morgan fingerprint density at radius 1 is 1.31 bits per heavy atom. The van der Waals surface area contributed by atoms with Crippen LogP contribution in [-0.2, 0) is 10.2 Å². The molecule has 4 nitrogen and oxygen atoms in total. The normalized spacial score (nSPS) is 17.1. The molecule has 0 radical (unpaired) electrons. The summed E-state index contributed by atoms with van der Waals surface area (Å²) in [6, 6.07) is 2.22. The molecule has 0 aromatic heterocycles. The van der Waals surface area contributed by atoms with Crippen LogP contribution in [0.5, 0.6) is 11.5 Å². The molecular weight excluding hydrogens is 215 g/mol. The Balaban J connectivity index is 2.48. The van der Waals surface area contributed by atoms with E-state index in [2.05, 4.69) is 0 Å². The number of hydrogen-bond donors (Lipinski definition) is 3. The molecule has 1 fully saturated rings. The van der Waals surface area contributed by atoms with Crippen molar-refractivity contribution < 1.29 is 24.5 Å². The topological polar surface area (TPSA) is 77.8 Å². The zero-order valence-corrected chi connectivity index (χ0v) is 8.40. The van der Waals surface area contributed by atoms with Crippen LogP contribution in [0.3, 0.4) is 0 Å². The van der Waals surface area contributed by atoms with E-state index < -0.39 is 23.0 Å². The lowest BCUT2D eigenvalue weighted by molar-refractivity contribution is -0.137. The quantitative estimate of drug-likeness (QED) is 0.686. The SMILES string of the molecule is O=C(O)CC1(c2c(O)ccc(O)c2F)CC1. The molecule has 1 saturated carbocycles. The van der Waals surface area contributed by atoms with Crippen molar-refractivity contribution in [3.63, 3.8) is 0 Å². The van der Waals surface area contributed by atoms with E-state index in [1.165, 1.54) is 6.07 Å². The minimum atomic E-state index is -1.04. The lowest BCUT2D eigenvalue weighted by atomic mass is 9.91. The Morgan fingerprint density at radius 3 is 2.38 bits per heavy atom. The van der Waals surface area contributed by atoms with Crippen molar-refractivity contribution in [2.75, 3.05) is 0 Å². The first-order valence-electron chi connectivity index (χ1n) is 4.89. The van der Waals surface area contributed by atoms with Gasteiger partial charge in [-0.1, -0.05) is 0 Å². The molecule has 1 aliphatic carbocycles. The van der Waals surface area contributed by atoms with Gasteiger partial charge in [-0.15, -0.1) is 0 Å². The Kier molecular flexibility index (Phi) is 2.26. The van der Waals surface area contributed by atoms with Gasteiger partial charge in [0.1, 0.15) is 5.75 Å². The van der Waals surface area contributed by atoms with E-state index in [0.29, 0.717) is 12.8 Å². The second kappa shape index (κ2) is 3.37. The van der Waals surface area contributed by atoms with Crippen LogP contribution in [0.15, 0.2) is 12.1 Å². The molecule has 5 heteroatoms. The van der Waals surface area contributed by atoms with E-state index in [0.717, 1.165) is 6.07 Å². The predicted molar refractivity (Wildman–Crippen MR) is 52.9 cm³/mol. The van der Waals surface area contributed by atoms with Crippen LogP contribution in [0.1, 0.15) is 24.8 Å². The summed E-state index contributed by atoms with van der Waals surface area (Å²) in [6.07, 6.45) is 0.779. The first-order chi connectivity index (χ1) is 7.46. The van der Waals surface area contributed by atoms with Gasteiger partial charge in [0.15, 0.2) is 11.6 Å². The van der Waals surface area contributed by atoms with Gasteiger partial charge >= 0.3 is 5.97 Å². The standard InChI is InChI=1S/C11H11FO4/c12-10-7(14)2-1-6(13)9(10)11(3-4-11)5-8(15)16/h1-2,13-14H,3-5H2,(H,15,16). The molecule has 0 atom stereocenters. The second-order valence-corrected chi connectivity index (χ2v) is 4.14. The van der Waals surface area contributed by atoms with Crippen molar-refractivity contribution in [1.29, 1.82) is 0 Å². The average Bonchev–Trinajstić information content (AvgIpc) is 2.92. The third-order valence-corrected chi connectivity index (χ3v) is 2.97. The van der Waals surface area contributed by atoms with E-state index in [4.69, 9.17) is 5.11 Å². The molecule has 0 unspecified atom stereocenters. The van der Waals surface area contributed by atoms with Crippen LogP contribution >= 0.6 is 0 Å². The summed E-state index contributed by atoms with van der Waals surface area (Å²) in [4.78, 5) is 10.7. The number of aromatic hydroxyl groups is 2. The molecule has 3 N–H and O–H groups in total. The van der Waals surface area contributed by atoms with Crippen molar-refractivity contribution >= 4 is 5.97 Å². The zero-order valence-electron chi connectivity index (χ0n) is 8.40. The molecule has 1 aromatic carbocycles. The number of hydrogen-bond acceptors (Lipinski definition) is 3. The number of halogens is 1. The van der Waals surface area contributed by atoms with Crippen molar-refractivity contribution in [3.05, 3.63) is 23.5 Å². The highest BCUT2D eigenvalue weighted by Crippen LogP contribution is 2.55. The van der Waals surface area contributed by atoms with Gasteiger partial charge in [0.2, 0.25) is 0 Å². The Morgan fingerprint density at radius 2 is 1.88 bits per heavy atom. The molecule has 0 amide bonds. The van der Waals surface area contributed by atoms with Crippen molar-refractivity contribution in [1.82, 2.24) is 0 Å². The maximum atomic E-state index is 13.6. The highest BCUT2D eigenvalue weighted by Gasteiger charge is 2.49. The molecule has 0 heterocycles. The molecule has 86 valence electrons. The van der Waals surface area contributed by atoms with Crippen molar-refractivity contribution in [2.45, 2.75) is 24.7 Å². The predicted octanol–water partition coefficient (Wildman–Crippen LogP) is 1.74.